The van der Waals surface area contributed by atoms with E-state index in [0.717, 1.165) is 56.3 Å². The van der Waals surface area contributed by atoms with Crippen LogP contribution < -0.4 is 9.64 Å². The number of benzene rings is 2. The molecule has 3 aromatic rings. The van der Waals surface area contributed by atoms with Crippen LogP contribution in [0.3, 0.4) is 0 Å². The lowest BCUT2D eigenvalue weighted by atomic mass is 9.78. The molecule has 40 heavy (non-hydrogen) atoms. The van der Waals surface area contributed by atoms with Gasteiger partial charge in [-0.2, -0.15) is 0 Å². The Bertz CT molecular complexity index is 1320. The summed E-state index contributed by atoms with van der Waals surface area (Å²) in [4.78, 5) is 22.0. The van der Waals surface area contributed by atoms with Gasteiger partial charge in [0.2, 0.25) is 5.91 Å². The topological polar surface area (TPSA) is 62.7 Å². The molecule has 0 unspecified atom stereocenters. The molecule has 1 heterocycles. The average Bonchev–Trinajstić information content (AvgIpc) is 3.72. The quantitative estimate of drug-likeness (QED) is 0.292. The van der Waals surface area contributed by atoms with Gasteiger partial charge in [-0.25, -0.2) is 4.98 Å². The molecule has 7 heteroatoms. The van der Waals surface area contributed by atoms with Crippen LogP contribution in [0.2, 0.25) is 5.02 Å². The monoisotopic (exact) mass is 578 g/mol. The fourth-order valence-corrected chi connectivity index (χ4v) is 7.86. The third-order valence-electron chi connectivity index (χ3n) is 9.14. The van der Waals surface area contributed by atoms with Crippen molar-refractivity contribution in [1.29, 1.82) is 0 Å². The number of hydrogen-bond donors (Lipinski definition) is 1. The number of anilines is 1. The molecule has 5 nitrogen and oxygen atoms in total. The number of amides is 1. The smallest absolute Gasteiger partial charge is 0.230 e. The zero-order valence-corrected chi connectivity index (χ0v) is 24.8. The Morgan fingerprint density at radius 1 is 1.00 bits per heavy atom. The number of aliphatic hydroxyl groups is 1. The third-order valence-corrected chi connectivity index (χ3v) is 10.6. The molecule has 1 N–H and O–H groups in total. The average molecular weight is 579 g/mol. The first-order valence-corrected chi connectivity index (χ1v) is 16.1. The van der Waals surface area contributed by atoms with E-state index in [1.54, 1.807) is 18.4 Å². The minimum absolute atomic E-state index is 0.0188. The Hall–Kier alpha value is -2.41. The van der Waals surface area contributed by atoms with Gasteiger partial charge < -0.3 is 14.7 Å². The van der Waals surface area contributed by atoms with Crippen LogP contribution in [0.15, 0.2) is 48.7 Å². The third kappa shape index (κ3) is 6.24. The Morgan fingerprint density at radius 3 is 2.45 bits per heavy atom. The maximum absolute atomic E-state index is 14.0. The van der Waals surface area contributed by atoms with Crippen LogP contribution in [0.5, 0.6) is 5.75 Å². The highest BCUT2D eigenvalue weighted by Gasteiger charge is 2.33. The second-order valence-corrected chi connectivity index (χ2v) is 13.4. The zero-order valence-electron chi connectivity index (χ0n) is 23.2. The molecule has 0 spiro atoms. The van der Waals surface area contributed by atoms with E-state index >= 15 is 0 Å². The number of rotatable bonds is 8. The van der Waals surface area contributed by atoms with E-state index in [4.69, 9.17) is 16.3 Å². The molecule has 0 bridgehead atoms. The fourth-order valence-electron chi connectivity index (χ4n) is 6.51. The van der Waals surface area contributed by atoms with Crippen molar-refractivity contribution in [2.45, 2.75) is 82.1 Å². The van der Waals surface area contributed by atoms with Gasteiger partial charge in [-0.1, -0.05) is 29.8 Å². The fraction of sp³-hybridized carbons (Fsp3) is 0.515. The van der Waals surface area contributed by atoms with Gasteiger partial charge in [0.1, 0.15) is 5.75 Å². The van der Waals surface area contributed by atoms with Crippen molar-refractivity contribution in [3.8, 4) is 16.2 Å². The van der Waals surface area contributed by atoms with Gasteiger partial charge in [0.05, 0.1) is 28.1 Å². The standard InChI is InChI=1S/C33H39ClN2O3S/c1-39-30-16-13-25(18-29(30)34)22-7-5-21(6-8-22)20-36(33(38)24-11-14-28(37)15-12-24)27-4-2-3-26(17-27)31-19-35-32(40-31)23-9-10-23/h2-4,13,16-19,21-24,28,37H,5-12,14-15,20H2,1H3/t21-,22-,24-,28-. The van der Waals surface area contributed by atoms with E-state index in [1.165, 1.54) is 28.3 Å². The summed E-state index contributed by atoms with van der Waals surface area (Å²) in [6.07, 6.45) is 11.5. The molecule has 0 aliphatic heterocycles. The van der Waals surface area contributed by atoms with E-state index in [1.807, 2.05) is 12.3 Å². The second-order valence-electron chi connectivity index (χ2n) is 12.0. The van der Waals surface area contributed by atoms with Gasteiger partial charge >= 0.3 is 0 Å². The van der Waals surface area contributed by atoms with Crippen LogP contribution in [0.25, 0.3) is 10.4 Å². The molecular formula is C33H39ClN2O3S. The van der Waals surface area contributed by atoms with Gasteiger partial charge in [0.25, 0.3) is 0 Å². The van der Waals surface area contributed by atoms with Crippen molar-refractivity contribution >= 4 is 34.5 Å². The number of nitrogens with zero attached hydrogens (tertiary/aromatic N) is 2. The van der Waals surface area contributed by atoms with Crippen molar-refractivity contribution in [3.05, 3.63) is 64.3 Å². The van der Waals surface area contributed by atoms with E-state index in [2.05, 4.69) is 46.3 Å². The van der Waals surface area contributed by atoms with Crippen molar-refractivity contribution in [2.24, 2.45) is 11.8 Å². The molecular weight excluding hydrogens is 540 g/mol. The second kappa shape index (κ2) is 12.2. The number of thiazole rings is 1. The van der Waals surface area contributed by atoms with Gasteiger partial charge in [0, 0.05) is 30.3 Å². The highest BCUT2D eigenvalue weighted by Crippen LogP contribution is 2.44. The first kappa shape index (κ1) is 27.7. The lowest BCUT2D eigenvalue weighted by Gasteiger charge is -2.36. The number of aliphatic hydroxyl groups excluding tert-OH is 1. The van der Waals surface area contributed by atoms with E-state index in [9.17, 15) is 9.90 Å². The van der Waals surface area contributed by atoms with Crippen LogP contribution in [-0.4, -0.2) is 35.8 Å². The van der Waals surface area contributed by atoms with E-state index in [-0.39, 0.29) is 17.9 Å². The predicted octanol–water partition coefficient (Wildman–Crippen LogP) is 8.21. The maximum Gasteiger partial charge on any atom is 0.230 e. The first-order valence-electron chi connectivity index (χ1n) is 14.9. The number of hydrogen-bond acceptors (Lipinski definition) is 5. The van der Waals surface area contributed by atoms with E-state index < -0.39 is 0 Å². The Kier molecular flexibility index (Phi) is 8.47. The number of ether oxygens (including phenoxy) is 1. The summed E-state index contributed by atoms with van der Waals surface area (Å²) >= 11 is 8.21. The van der Waals surface area contributed by atoms with E-state index in [0.29, 0.717) is 41.4 Å². The molecule has 0 radical (unpaired) electrons. The van der Waals surface area contributed by atoms with Gasteiger partial charge in [-0.3, -0.25) is 4.79 Å². The van der Waals surface area contributed by atoms with Crippen LogP contribution in [-0.2, 0) is 4.79 Å². The number of methoxy groups -OCH3 is 1. The van der Waals surface area contributed by atoms with Crippen molar-refractivity contribution in [2.75, 3.05) is 18.6 Å². The van der Waals surface area contributed by atoms with Crippen molar-refractivity contribution in [1.82, 2.24) is 4.98 Å². The summed E-state index contributed by atoms with van der Waals surface area (Å²) in [6.45, 7) is 0.743. The van der Waals surface area contributed by atoms with Gasteiger partial charge in [-0.15, -0.1) is 11.3 Å². The SMILES string of the molecule is COc1ccc([C@H]2CC[C@H](CN(c3cccc(-c4cnc(C5CC5)s4)c3)C(=O)[C@H]3CC[C@H](O)CC3)CC2)cc1Cl. The normalized spacial score (nSPS) is 25.0. The molecule has 0 atom stereocenters. The van der Waals surface area contributed by atoms with Gasteiger partial charge in [-0.05, 0) is 111 Å². The summed E-state index contributed by atoms with van der Waals surface area (Å²) in [5.41, 5.74) is 3.40. The number of carbonyl (C=O) groups excluding carboxylic acids is 1. The molecule has 3 saturated carbocycles. The number of halogens is 1. The highest BCUT2D eigenvalue weighted by molar-refractivity contribution is 7.15. The molecule has 1 aromatic heterocycles. The highest BCUT2D eigenvalue weighted by atomic mass is 35.5. The summed E-state index contributed by atoms with van der Waals surface area (Å²) < 4.78 is 5.33. The lowest BCUT2D eigenvalue weighted by molar-refractivity contribution is -0.124. The van der Waals surface area contributed by atoms with Crippen LogP contribution in [0.4, 0.5) is 5.69 Å². The molecule has 212 valence electrons. The van der Waals surface area contributed by atoms with Crippen LogP contribution in [0.1, 0.15) is 86.6 Å². The molecule has 3 fully saturated rings. The summed E-state index contributed by atoms with van der Waals surface area (Å²) in [5, 5.41) is 12.0. The number of carbonyl (C=O) groups is 1. The summed E-state index contributed by atoms with van der Waals surface area (Å²) in [6, 6.07) is 14.7. The molecule has 3 aliphatic carbocycles. The summed E-state index contributed by atoms with van der Waals surface area (Å²) in [5.74, 6) is 2.50. The first-order chi connectivity index (χ1) is 19.5. The maximum atomic E-state index is 14.0. The summed E-state index contributed by atoms with van der Waals surface area (Å²) in [7, 11) is 1.65. The Morgan fingerprint density at radius 2 is 1.75 bits per heavy atom. The minimum atomic E-state index is -0.269. The van der Waals surface area contributed by atoms with Crippen LogP contribution >= 0.6 is 22.9 Å². The van der Waals surface area contributed by atoms with Crippen molar-refractivity contribution in [3.63, 3.8) is 0 Å². The molecule has 0 saturated heterocycles. The van der Waals surface area contributed by atoms with Crippen molar-refractivity contribution < 1.29 is 14.6 Å². The Balaban J connectivity index is 1.19. The predicted molar refractivity (Wildman–Crippen MR) is 163 cm³/mol. The largest absolute Gasteiger partial charge is 0.495 e. The molecule has 1 amide bonds. The van der Waals surface area contributed by atoms with Crippen LogP contribution in [0, 0.1) is 11.8 Å². The zero-order chi connectivity index (χ0) is 27.6. The molecule has 3 aliphatic rings. The molecule has 6 rings (SSSR count). The Labute approximate surface area is 246 Å². The minimum Gasteiger partial charge on any atom is -0.495 e. The molecule has 2 aromatic carbocycles. The van der Waals surface area contributed by atoms with Gasteiger partial charge in [0.15, 0.2) is 0 Å². The number of aromatic nitrogens is 1. The lowest BCUT2D eigenvalue weighted by Crippen LogP contribution is -2.41.